The second-order valence-electron chi connectivity index (χ2n) is 10.6. The van der Waals surface area contributed by atoms with E-state index in [1.54, 1.807) is 0 Å². The fourth-order valence-electron chi connectivity index (χ4n) is 5.82. The number of nitrogens with one attached hydrogen (secondary N) is 1. The maximum atomic E-state index is 15.9. The number of phosphoric acid groups is 2. The van der Waals surface area contributed by atoms with Gasteiger partial charge in [-0.15, -0.1) is 0 Å². The van der Waals surface area contributed by atoms with Gasteiger partial charge in [-0.05, 0) is 6.42 Å². The van der Waals surface area contributed by atoms with Gasteiger partial charge in [0.05, 0.1) is 31.9 Å². The molecule has 1 saturated carbocycles. The summed E-state index contributed by atoms with van der Waals surface area (Å²) in [5.41, 5.74) is 11.0. The molecule has 1 aliphatic carbocycles. The Bertz CT molecular complexity index is 1940. The molecule has 10 atom stereocenters. The van der Waals surface area contributed by atoms with Crippen molar-refractivity contribution in [3.63, 3.8) is 0 Å². The summed E-state index contributed by atoms with van der Waals surface area (Å²) in [4.78, 5) is 55.7. The molecule has 0 radical (unpaired) electrons. The Morgan fingerprint density at radius 3 is 2.42 bits per heavy atom. The van der Waals surface area contributed by atoms with E-state index in [-0.39, 0.29) is 40.5 Å². The van der Waals surface area contributed by atoms with E-state index in [0.717, 1.165) is 10.9 Å². The van der Waals surface area contributed by atoms with Gasteiger partial charge in [0.25, 0.3) is 5.56 Å². The van der Waals surface area contributed by atoms with Crippen molar-refractivity contribution < 1.29 is 51.2 Å². The number of aliphatic hydroxyl groups excluding tert-OH is 1. The van der Waals surface area contributed by atoms with Crippen molar-refractivity contribution in [2.24, 2.45) is 5.92 Å². The Hall–Kier alpha value is -3.43. The highest BCUT2D eigenvalue weighted by Crippen LogP contribution is 2.55. The van der Waals surface area contributed by atoms with Crippen LogP contribution in [0.5, 0.6) is 0 Å². The zero-order valence-electron chi connectivity index (χ0n) is 22.6. The Kier molecular flexibility index (Phi) is 7.28. The summed E-state index contributed by atoms with van der Waals surface area (Å²) in [6.07, 6.45) is -6.76. The van der Waals surface area contributed by atoms with Gasteiger partial charge >= 0.3 is 15.6 Å². The first kappa shape index (κ1) is 30.2. The summed E-state index contributed by atoms with van der Waals surface area (Å²) in [5, 5.41) is 11.2. The topological polar surface area (TPSA) is 300 Å². The molecule has 3 fully saturated rings. The van der Waals surface area contributed by atoms with Gasteiger partial charge < -0.3 is 35.7 Å². The molecule has 3 aliphatic rings. The normalized spacial score (nSPS) is 37.7. The molecule has 2 aliphatic heterocycles. The number of aromatic amines is 1. The van der Waals surface area contributed by atoms with Crippen LogP contribution in [0.25, 0.3) is 22.3 Å². The third-order valence-corrected chi connectivity index (χ3v) is 9.81. The third-order valence-electron chi connectivity index (χ3n) is 7.84. The number of H-pyrrole nitrogens is 1. The number of hydrogen-bond donors (Lipinski definition) is 6. The number of ether oxygens (including phenoxy) is 1. The molecule has 24 heteroatoms. The number of nitrogen functional groups attached to an aromatic ring is 2. The summed E-state index contributed by atoms with van der Waals surface area (Å²) in [6.45, 7) is -1.51. The number of aromatic nitrogens is 8. The predicted octanol–water partition coefficient (Wildman–Crippen LogP) is -0.701. The lowest BCUT2D eigenvalue weighted by atomic mass is 10.1. The van der Waals surface area contributed by atoms with Crippen molar-refractivity contribution in [1.29, 1.82) is 0 Å². The second-order valence-corrected chi connectivity index (χ2v) is 13.4. The minimum atomic E-state index is -5.05. The average Bonchev–Trinajstić information content (AvgIpc) is 3.72. The average molecular weight is 674 g/mol. The molecule has 45 heavy (non-hydrogen) atoms. The Balaban J connectivity index is 1.17. The van der Waals surface area contributed by atoms with Crippen molar-refractivity contribution in [2.75, 3.05) is 24.7 Å². The van der Waals surface area contributed by atoms with E-state index in [9.17, 15) is 28.8 Å². The quantitative estimate of drug-likeness (QED) is 0.143. The monoisotopic (exact) mass is 674 g/mol. The first-order valence-corrected chi connectivity index (χ1v) is 16.3. The van der Waals surface area contributed by atoms with E-state index >= 15 is 4.39 Å². The van der Waals surface area contributed by atoms with Crippen LogP contribution in [0.4, 0.5) is 16.2 Å². The van der Waals surface area contributed by atoms with Crippen LogP contribution in [-0.2, 0) is 32.0 Å². The lowest BCUT2D eigenvalue weighted by molar-refractivity contribution is -0.0592. The summed E-state index contributed by atoms with van der Waals surface area (Å²) < 4.78 is 71.1. The van der Waals surface area contributed by atoms with Crippen LogP contribution in [0, 0.1) is 5.92 Å². The van der Waals surface area contributed by atoms with Crippen molar-refractivity contribution in [1.82, 2.24) is 39.0 Å². The summed E-state index contributed by atoms with van der Waals surface area (Å²) in [6, 6.07) is -0.979. The van der Waals surface area contributed by atoms with Gasteiger partial charge in [0, 0.05) is 5.92 Å². The number of hydrogen-bond acceptors (Lipinski definition) is 16. The second kappa shape index (κ2) is 10.8. The number of alkyl halides is 1. The third kappa shape index (κ3) is 5.31. The van der Waals surface area contributed by atoms with Crippen molar-refractivity contribution >= 4 is 49.7 Å². The van der Waals surface area contributed by atoms with Crippen molar-refractivity contribution in [3.05, 3.63) is 29.3 Å². The smallest absolute Gasteiger partial charge is 0.388 e. The minimum Gasteiger partial charge on any atom is -0.388 e. The van der Waals surface area contributed by atoms with Crippen LogP contribution in [-0.4, -0.2) is 97.7 Å². The Morgan fingerprint density at radius 1 is 0.956 bits per heavy atom. The standard InChI is InChI=1S/C21H25FN10O11P2/c22-10-15-9(41-20(10)32-6-27-11-16(23)25-4-26-17(11)32)3-40-45(37,38)42-14-7(2-39-44(35,36)43-15)1-8(13(14)33)31-5-28-12-18(31)29-21(24)30-19(12)34/h4-10,13-15,20,33H,1-3H2,(H,35,36)(H,37,38)(H2,23,25,26)(H3,24,29,30,34)/t7-,8-,9-,10?,13?,14?,15?,20-/m1/s1. The van der Waals surface area contributed by atoms with Gasteiger partial charge in [-0.25, -0.2) is 33.5 Å². The van der Waals surface area contributed by atoms with E-state index < -0.39 is 83.2 Å². The van der Waals surface area contributed by atoms with Gasteiger partial charge in [0.2, 0.25) is 5.95 Å². The molecule has 0 aromatic carbocycles. The SMILES string of the molecule is Nc1nc2c(ncn2[C@@H]2C[C@@H]3COP(=O)(O)OC4C(F)[C@H](n5cnc6c(N)ncnc65)O[C@@H]4COP(=O)(O)OC3C2O)c(=O)[nH]1. The molecule has 4 aromatic heterocycles. The molecular formula is C21H25FN10O11P2. The molecule has 0 bridgehead atoms. The first-order valence-electron chi connectivity index (χ1n) is 13.3. The highest BCUT2D eigenvalue weighted by molar-refractivity contribution is 7.47. The number of nitrogens with two attached hydrogens (primary N) is 2. The number of imidazole rings is 2. The van der Waals surface area contributed by atoms with Crippen LogP contribution in [0.15, 0.2) is 23.8 Å². The highest BCUT2D eigenvalue weighted by Gasteiger charge is 2.54. The molecule has 0 spiro atoms. The first-order chi connectivity index (χ1) is 21.3. The molecular weight excluding hydrogens is 649 g/mol. The molecule has 242 valence electrons. The lowest BCUT2D eigenvalue weighted by Crippen LogP contribution is -2.36. The molecule has 6 unspecified atom stereocenters. The molecule has 0 amide bonds. The lowest BCUT2D eigenvalue weighted by Gasteiger charge is -2.28. The maximum Gasteiger partial charge on any atom is 0.472 e. The molecule has 6 heterocycles. The van der Waals surface area contributed by atoms with Crippen LogP contribution < -0.4 is 17.0 Å². The number of rotatable bonds is 2. The number of halogens is 1. The van der Waals surface area contributed by atoms with Crippen LogP contribution in [0.3, 0.4) is 0 Å². The van der Waals surface area contributed by atoms with E-state index in [2.05, 4.69) is 29.9 Å². The largest absolute Gasteiger partial charge is 0.472 e. The number of fused-ring (bicyclic) bond motifs is 4. The minimum absolute atomic E-state index is 0.00599. The van der Waals surface area contributed by atoms with Gasteiger partial charge in [-0.3, -0.25) is 32.4 Å². The van der Waals surface area contributed by atoms with Gasteiger partial charge in [0.15, 0.2) is 35.0 Å². The number of aliphatic hydroxyl groups is 1. The maximum absolute atomic E-state index is 15.9. The van der Waals surface area contributed by atoms with Gasteiger partial charge in [-0.1, -0.05) is 0 Å². The van der Waals surface area contributed by atoms with E-state index in [1.807, 2.05) is 0 Å². The molecule has 21 nitrogen and oxygen atoms in total. The Labute approximate surface area is 249 Å². The molecule has 7 rings (SSSR count). The molecule has 2 saturated heterocycles. The van der Waals surface area contributed by atoms with Crippen LogP contribution in [0.1, 0.15) is 18.7 Å². The summed E-state index contributed by atoms with van der Waals surface area (Å²) in [5.74, 6) is -1.24. The molecule has 4 aromatic rings. The van der Waals surface area contributed by atoms with Gasteiger partial charge in [0.1, 0.15) is 36.3 Å². The number of anilines is 2. The zero-order valence-corrected chi connectivity index (χ0v) is 24.4. The number of phosphoric ester groups is 2. The van der Waals surface area contributed by atoms with Crippen LogP contribution in [0.2, 0.25) is 0 Å². The summed E-state index contributed by atoms with van der Waals surface area (Å²) in [7, 11) is -10.1. The van der Waals surface area contributed by atoms with E-state index in [1.165, 1.54) is 17.2 Å². The predicted molar refractivity (Wildman–Crippen MR) is 146 cm³/mol. The van der Waals surface area contributed by atoms with E-state index in [4.69, 9.17) is 34.3 Å². The molecule has 8 N–H and O–H groups in total. The fourth-order valence-corrected chi connectivity index (χ4v) is 7.82. The fraction of sp³-hybridized carbons (Fsp3) is 0.524. The van der Waals surface area contributed by atoms with Crippen molar-refractivity contribution in [2.45, 2.75) is 49.3 Å². The van der Waals surface area contributed by atoms with E-state index in [0.29, 0.717) is 0 Å². The highest BCUT2D eigenvalue weighted by atomic mass is 31.2. The Morgan fingerprint density at radius 2 is 1.64 bits per heavy atom. The summed E-state index contributed by atoms with van der Waals surface area (Å²) >= 11 is 0. The van der Waals surface area contributed by atoms with Gasteiger partial charge in [-0.2, -0.15) is 4.98 Å². The zero-order chi connectivity index (χ0) is 31.8. The number of nitrogens with zero attached hydrogens (tertiary/aromatic N) is 7. The van der Waals surface area contributed by atoms with Crippen molar-refractivity contribution in [3.8, 4) is 0 Å². The van der Waals surface area contributed by atoms with Crippen LogP contribution >= 0.6 is 15.6 Å².